The predicted molar refractivity (Wildman–Crippen MR) is 58.8 cm³/mol. The highest BCUT2D eigenvalue weighted by molar-refractivity contribution is 5.92. The maximum atomic E-state index is 11.1. The summed E-state index contributed by atoms with van der Waals surface area (Å²) >= 11 is 0. The second kappa shape index (κ2) is 5.06. The van der Waals surface area contributed by atoms with E-state index in [1.54, 1.807) is 25.1 Å². The number of hydrogen-bond acceptors (Lipinski definition) is 4. The first-order valence-electron chi connectivity index (χ1n) is 4.55. The van der Waals surface area contributed by atoms with Crippen LogP contribution in [-0.4, -0.2) is 18.0 Å². The van der Waals surface area contributed by atoms with Gasteiger partial charge in [0, 0.05) is 17.7 Å². The van der Waals surface area contributed by atoms with Gasteiger partial charge >= 0.3 is 5.97 Å². The van der Waals surface area contributed by atoms with Crippen LogP contribution in [0.15, 0.2) is 29.8 Å². The van der Waals surface area contributed by atoms with Gasteiger partial charge in [-0.25, -0.2) is 4.79 Å². The summed E-state index contributed by atoms with van der Waals surface area (Å²) in [6.45, 7) is 1.62. The van der Waals surface area contributed by atoms with E-state index < -0.39 is 10.9 Å². The SMILES string of the molecule is COC(=O)/C(C)=C/c1ccc([N+](=O)[O-])cc1. The fraction of sp³-hybridized carbons (Fsp3) is 0.182. The standard InChI is InChI=1S/C11H11NO4/c1-8(11(13)16-2)7-9-3-5-10(6-4-9)12(14)15/h3-7H,1-2H3/b8-7+. The van der Waals surface area contributed by atoms with Crippen LogP contribution in [0.3, 0.4) is 0 Å². The Labute approximate surface area is 92.5 Å². The topological polar surface area (TPSA) is 69.4 Å². The average Bonchev–Trinajstić information content (AvgIpc) is 2.28. The minimum atomic E-state index is -0.472. The highest BCUT2D eigenvalue weighted by atomic mass is 16.6. The Morgan fingerprint density at radius 2 is 1.94 bits per heavy atom. The van der Waals surface area contributed by atoms with Gasteiger partial charge in [0.15, 0.2) is 0 Å². The Kier molecular flexibility index (Phi) is 3.77. The molecule has 0 saturated carbocycles. The van der Waals surface area contributed by atoms with E-state index in [1.807, 2.05) is 0 Å². The van der Waals surface area contributed by atoms with Crippen molar-refractivity contribution in [3.63, 3.8) is 0 Å². The number of esters is 1. The third-order valence-corrected chi connectivity index (χ3v) is 1.99. The monoisotopic (exact) mass is 221 g/mol. The van der Waals surface area contributed by atoms with Crippen LogP contribution in [0.25, 0.3) is 6.08 Å². The number of carbonyl (C=O) groups excluding carboxylic acids is 1. The molecule has 0 N–H and O–H groups in total. The van der Waals surface area contributed by atoms with Crippen molar-refractivity contribution in [1.82, 2.24) is 0 Å². The van der Waals surface area contributed by atoms with Crippen LogP contribution < -0.4 is 0 Å². The molecule has 5 nitrogen and oxygen atoms in total. The molecule has 16 heavy (non-hydrogen) atoms. The molecule has 0 atom stereocenters. The Bertz CT molecular complexity index is 434. The van der Waals surface area contributed by atoms with Crippen LogP contribution in [-0.2, 0) is 9.53 Å². The molecular weight excluding hydrogens is 210 g/mol. The summed E-state index contributed by atoms with van der Waals surface area (Å²) in [7, 11) is 1.30. The van der Waals surface area contributed by atoms with Crippen LogP contribution in [0.2, 0.25) is 0 Å². The van der Waals surface area contributed by atoms with Crippen molar-refractivity contribution in [2.24, 2.45) is 0 Å². The maximum absolute atomic E-state index is 11.1. The lowest BCUT2D eigenvalue weighted by Gasteiger charge is -1.98. The third kappa shape index (κ3) is 2.91. The Morgan fingerprint density at radius 3 is 2.38 bits per heavy atom. The molecule has 0 spiro atoms. The van der Waals surface area contributed by atoms with Gasteiger partial charge in [0.05, 0.1) is 12.0 Å². The number of nitrogens with zero attached hydrogens (tertiary/aromatic N) is 1. The zero-order valence-electron chi connectivity index (χ0n) is 8.97. The number of methoxy groups -OCH3 is 1. The molecule has 1 aromatic rings. The number of non-ortho nitro benzene ring substituents is 1. The Hall–Kier alpha value is -2.17. The predicted octanol–water partition coefficient (Wildman–Crippen LogP) is 2.17. The summed E-state index contributed by atoms with van der Waals surface area (Å²) in [6.07, 6.45) is 1.61. The quantitative estimate of drug-likeness (QED) is 0.339. The second-order valence-corrected chi connectivity index (χ2v) is 3.17. The van der Waals surface area contributed by atoms with Gasteiger partial charge in [0.25, 0.3) is 5.69 Å². The molecule has 1 aromatic carbocycles. The number of rotatable bonds is 3. The average molecular weight is 221 g/mol. The maximum Gasteiger partial charge on any atom is 0.333 e. The minimum absolute atomic E-state index is 0.0212. The molecule has 0 amide bonds. The molecule has 0 saturated heterocycles. The number of benzene rings is 1. The van der Waals surface area contributed by atoms with E-state index in [9.17, 15) is 14.9 Å². The van der Waals surface area contributed by atoms with Gasteiger partial charge < -0.3 is 4.74 Å². The van der Waals surface area contributed by atoms with Crippen LogP contribution >= 0.6 is 0 Å². The Morgan fingerprint density at radius 1 is 1.38 bits per heavy atom. The lowest BCUT2D eigenvalue weighted by atomic mass is 10.1. The van der Waals surface area contributed by atoms with E-state index in [0.717, 1.165) is 0 Å². The number of ether oxygens (including phenoxy) is 1. The fourth-order valence-electron chi connectivity index (χ4n) is 1.16. The van der Waals surface area contributed by atoms with E-state index in [4.69, 9.17) is 0 Å². The summed E-state index contributed by atoms with van der Waals surface area (Å²) in [4.78, 5) is 21.0. The number of hydrogen-bond donors (Lipinski definition) is 0. The van der Waals surface area contributed by atoms with Gasteiger partial charge in [-0.05, 0) is 30.7 Å². The van der Waals surface area contributed by atoms with E-state index in [-0.39, 0.29) is 5.69 Å². The van der Waals surface area contributed by atoms with E-state index in [1.165, 1.54) is 19.2 Å². The molecule has 0 bridgehead atoms. The molecule has 0 heterocycles. The highest BCUT2D eigenvalue weighted by Crippen LogP contribution is 2.14. The van der Waals surface area contributed by atoms with Gasteiger partial charge in [-0.1, -0.05) is 0 Å². The Balaban J connectivity index is 2.91. The summed E-state index contributed by atoms with van der Waals surface area (Å²) in [5, 5.41) is 10.4. The van der Waals surface area contributed by atoms with E-state index in [2.05, 4.69) is 4.74 Å². The lowest BCUT2D eigenvalue weighted by molar-refractivity contribution is -0.384. The molecule has 0 unspecified atom stereocenters. The first-order chi connectivity index (χ1) is 7.54. The second-order valence-electron chi connectivity index (χ2n) is 3.17. The number of nitro groups is 1. The largest absolute Gasteiger partial charge is 0.466 e. The molecule has 5 heteroatoms. The van der Waals surface area contributed by atoms with Gasteiger partial charge in [0.2, 0.25) is 0 Å². The van der Waals surface area contributed by atoms with Crippen molar-refractivity contribution in [1.29, 1.82) is 0 Å². The summed E-state index contributed by atoms with van der Waals surface area (Å²) in [5.74, 6) is -0.418. The van der Waals surface area contributed by atoms with E-state index in [0.29, 0.717) is 11.1 Å². The molecular formula is C11H11NO4. The van der Waals surface area contributed by atoms with Gasteiger partial charge in [-0.2, -0.15) is 0 Å². The molecule has 84 valence electrons. The summed E-state index contributed by atoms with van der Waals surface area (Å²) in [5.41, 5.74) is 1.18. The van der Waals surface area contributed by atoms with Gasteiger partial charge in [-0.3, -0.25) is 10.1 Å². The minimum Gasteiger partial charge on any atom is -0.466 e. The zero-order chi connectivity index (χ0) is 12.1. The highest BCUT2D eigenvalue weighted by Gasteiger charge is 2.05. The normalized spacial score (nSPS) is 11.0. The molecule has 0 radical (unpaired) electrons. The van der Waals surface area contributed by atoms with Crippen LogP contribution in [0.5, 0.6) is 0 Å². The molecule has 0 aliphatic carbocycles. The summed E-state index contributed by atoms with van der Waals surface area (Å²) < 4.78 is 4.53. The molecule has 0 aromatic heterocycles. The van der Waals surface area contributed by atoms with E-state index >= 15 is 0 Å². The number of carbonyl (C=O) groups is 1. The van der Waals surface area contributed by atoms with Crippen molar-refractivity contribution >= 4 is 17.7 Å². The van der Waals surface area contributed by atoms with Gasteiger partial charge in [0.1, 0.15) is 0 Å². The molecule has 0 aliphatic rings. The first-order valence-corrected chi connectivity index (χ1v) is 4.55. The smallest absolute Gasteiger partial charge is 0.333 e. The zero-order valence-corrected chi connectivity index (χ0v) is 8.97. The molecule has 0 aliphatic heterocycles. The fourth-order valence-corrected chi connectivity index (χ4v) is 1.16. The lowest BCUT2D eigenvalue weighted by Crippen LogP contribution is -2.00. The van der Waals surface area contributed by atoms with Crippen LogP contribution in [0, 0.1) is 10.1 Å². The van der Waals surface area contributed by atoms with Gasteiger partial charge in [-0.15, -0.1) is 0 Å². The van der Waals surface area contributed by atoms with Crippen molar-refractivity contribution < 1.29 is 14.5 Å². The van der Waals surface area contributed by atoms with Crippen molar-refractivity contribution in [2.45, 2.75) is 6.92 Å². The van der Waals surface area contributed by atoms with Crippen molar-refractivity contribution in [2.75, 3.05) is 7.11 Å². The van der Waals surface area contributed by atoms with Crippen molar-refractivity contribution in [3.8, 4) is 0 Å². The molecule has 1 rings (SSSR count). The first kappa shape index (κ1) is 11.9. The van der Waals surface area contributed by atoms with Crippen LogP contribution in [0.4, 0.5) is 5.69 Å². The number of nitro benzene ring substituents is 1. The third-order valence-electron chi connectivity index (χ3n) is 1.99. The molecule has 0 fully saturated rings. The summed E-state index contributed by atoms with van der Waals surface area (Å²) in [6, 6.07) is 5.92. The van der Waals surface area contributed by atoms with Crippen LogP contribution in [0.1, 0.15) is 12.5 Å². The van der Waals surface area contributed by atoms with Crippen molar-refractivity contribution in [3.05, 3.63) is 45.5 Å².